The molecule has 1 N–H and O–H groups in total. The molecule has 5 nitrogen and oxygen atoms in total. The van der Waals surface area contributed by atoms with E-state index in [0.717, 1.165) is 57.2 Å². The third-order valence-corrected chi connectivity index (χ3v) is 5.54. The number of unbranched alkanes of at least 4 members (excludes halogenated alkanes) is 1. The summed E-state index contributed by atoms with van der Waals surface area (Å²) in [4.78, 5) is 26.8. The number of hydrogen-bond donors (Lipinski definition) is 1. The van der Waals surface area contributed by atoms with Gasteiger partial charge >= 0.3 is 0 Å². The van der Waals surface area contributed by atoms with Gasteiger partial charge in [-0.15, -0.1) is 0 Å². The standard InChI is InChI=1S/C22H34N2O3/c1-4-5-16-24(2)22(26)19-10-8-18(9-11-19)21(25)23-15-14-17-6-12-20(27-3)13-7-17/h6-7,12-13,18-19H,4-5,8-11,14-16H2,1-3H3,(H,23,25). The lowest BCUT2D eigenvalue weighted by Crippen LogP contribution is -2.39. The number of carbonyl (C=O) groups excluding carboxylic acids is 2. The summed E-state index contributed by atoms with van der Waals surface area (Å²) in [6, 6.07) is 7.92. The van der Waals surface area contributed by atoms with Gasteiger partial charge in [-0.25, -0.2) is 0 Å². The maximum Gasteiger partial charge on any atom is 0.225 e. The van der Waals surface area contributed by atoms with E-state index >= 15 is 0 Å². The van der Waals surface area contributed by atoms with Gasteiger partial charge in [-0.05, 0) is 56.2 Å². The molecule has 0 aromatic heterocycles. The van der Waals surface area contributed by atoms with Crippen LogP contribution < -0.4 is 10.1 Å². The molecule has 1 aromatic carbocycles. The number of carbonyl (C=O) groups is 2. The Morgan fingerprint density at radius 1 is 1.11 bits per heavy atom. The second kappa shape index (κ2) is 11.0. The normalized spacial score (nSPS) is 19.4. The van der Waals surface area contributed by atoms with Crippen molar-refractivity contribution in [3.63, 3.8) is 0 Å². The Hall–Kier alpha value is -2.04. The van der Waals surface area contributed by atoms with Crippen molar-refractivity contribution in [2.24, 2.45) is 11.8 Å². The van der Waals surface area contributed by atoms with E-state index in [1.165, 1.54) is 5.56 Å². The predicted octanol–water partition coefficient (Wildman–Crippen LogP) is 3.42. The minimum Gasteiger partial charge on any atom is -0.497 e. The maximum absolute atomic E-state index is 12.5. The molecule has 2 amide bonds. The molecule has 150 valence electrons. The average Bonchev–Trinajstić information content (AvgIpc) is 2.72. The molecule has 1 saturated carbocycles. The maximum atomic E-state index is 12.5. The molecule has 5 heteroatoms. The first-order chi connectivity index (χ1) is 13.0. The predicted molar refractivity (Wildman–Crippen MR) is 108 cm³/mol. The number of benzene rings is 1. The van der Waals surface area contributed by atoms with E-state index in [2.05, 4.69) is 12.2 Å². The molecule has 0 unspecified atom stereocenters. The topological polar surface area (TPSA) is 58.6 Å². The van der Waals surface area contributed by atoms with Crippen LogP contribution in [0, 0.1) is 11.8 Å². The van der Waals surface area contributed by atoms with Crippen LogP contribution in [-0.4, -0.2) is 44.0 Å². The zero-order valence-corrected chi connectivity index (χ0v) is 17.0. The number of nitrogens with zero attached hydrogens (tertiary/aromatic N) is 1. The molecule has 0 saturated heterocycles. The number of hydrogen-bond acceptors (Lipinski definition) is 3. The van der Waals surface area contributed by atoms with Gasteiger partial charge in [0.2, 0.25) is 11.8 Å². The fourth-order valence-electron chi connectivity index (χ4n) is 3.69. The molecule has 0 spiro atoms. The van der Waals surface area contributed by atoms with Crippen molar-refractivity contribution in [3.8, 4) is 5.75 Å². The van der Waals surface area contributed by atoms with Crippen molar-refractivity contribution in [2.45, 2.75) is 51.9 Å². The van der Waals surface area contributed by atoms with Gasteiger partial charge in [0.05, 0.1) is 7.11 Å². The summed E-state index contributed by atoms with van der Waals surface area (Å²) in [6.45, 7) is 3.61. The monoisotopic (exact) mass is 374 g/mol. The van der Waals surface area contributed by atoms with Gasteiger partial charge in [-0.3, -0.25) is 9.59 Å². The number of ether oxygens (including phenoxy) is 1. The highest BCUT2D eigenvalue weighted by molar-refractivity contribution is 5.81. The fourth-order valence-corrected chi connectivity index (χ4v) is 3.69. The fraction of sp³-hybridized carbons (Fsp3) is 0.636. The van der Waals surface area contributed by atoms with Crippen LogP contribution in [0.25, 0.3) is 0 Å². The summed E-state index contributed by atoms with van der Waals surface area (Å²) in [5.74, 6) is 1.37. The SMILES string of the molecule is CCCCN(C)C(=O)C1CCC(C(=O)NCCc2ccc(OC)cc2)CC1. The van der Waals surface area contributed by atoms with Gasteiger partial charge in [-0.2, -0.15) is 0 Å². The van der Waals surface area contributed by atoms with E-state index in [1.54, 1.807) is 7.11 Å². The Bertz CT molecular complexity index is 592. The van der Waals surface area contributed by atoms with Crippen molar-refractivity contribution in [3.05, 3.63) is 29.8 Å². The molecule has 0 aliphatic heterocycles. The smallest absolute Gasteiger partial charge is 0.225 e. The summed E-state index contributed by atoms with van der Waals surface area (Å²) < 4.78 is 5.15. The summed E-state index contributed by atoms with van der Waals surface area (Å²) in [5, 5.41) is 3.06. The van der Waals surface area contributed by atoms with Crippen molar-refractivity contribution in [1.82, 2.24) is 10.2 Å². The van der Waals surface area contributed by atoms with E-state index in [0.29, 0.717) is 6.54 Å². The zero-order valence-electron chi connectivity index (χ0n) is 17.0. The van der Waals surface area contributed by atoms with Crippen LogP contribution in [0.5, 0.6) is 5.75 Å². The lowest BCUT2D eigenvalue weighted by atomic mass is 9.81. The first-order valence-corrected chi connectivity index (χ1v) is 10.2. The molecule has 1 fully saturated rings. The quantitative estimate of drug-likeness (QED) is 0.720. The van der Waals surface area contributed by atoms with Crippen LogP contribution in [0.3, 0.4) is 0 Å². The second-order valence-electron chi connectivity index (χ2n) is 7.55. The molecule has 0 heterocycles. The van der Waals surface area contributed by atoms with Crippen LogP contribution in [-0.2, 0) is 16.0 Å². The molecule has 1 aliphatic carbocycles. The molecular weight excluding hydrogens is 340 g/mol. The van der Waals surface area contributed by atoms with Gasteiger partial charge in [0, 0.05) is 32.0 Å². The Kier molecular flexibility index (Phi) is 8.62. The molecule has 2 rings (SSSR count). The Balaban J connectivity index is 1.68. The summed E-state index contributed by atoms with van der Waals surface area (Å²) in [6.07, 6.45) is 6.23. The van der Waals surface area contributed by atoms with E-state index in [9.17, 15) is 9.59 Å². The second-order valence-corrected chi connectivity index (χ2v) is 7.55. The number of methoxy groups -OCH3 is 1. The summed E-state index contributed by atoms with van der Waals surface area (Å²) in [5.41, 5.74) is 1.18. The lowest BCUT2D eigenvalue weighted by Gasteiger charge is -2.30. The van der Waals surface area contributed by atoms with E-state index in [1.807, 2.05) is 36.2 Å². The highest BCUT2D eigenvalue weighted by atomic mass is 16.5. The third kappa shape index (κ3) is 6.56. The highest BCUT2D eigenvalue weighted by Gasteiger charge is 2.30. The van der Waals surface area contributed by atoms with Gasteiger partial charge in [0.1, 0.15) is 5.75 Å². The highest BCUT2D eigenvalue weighted by Crippen LogP contribution is 2.30. The molecule has 0 bridgehead atoms. The summed E-state index contributed by atoms with van der Waals surface area (Å²) >= 11 is 0. The molecule has 0 atom stereocenters. The van der Waals surface area contributed by atoms with Crippen LogP contribution >= 0.6 is 0 Å². The van der Waals surface area contributed by atoms with Crippen LogP contribution in [0.15, 0.2) is 24.3 Å². The number of amides is 2. The largest absolute Gasteiger partial charge is 0.497 e. The van der Waals surface area contributed by atoms with Gasteiger partial charge < -0.3 is 15.0 Å². The zero-order chi connectivity index (χ0) is 19.6. The van der Waals surface area contributed by atoms with Crippen molar-refractivity contribution in [2.75, 3.05) is 27.2 Å². The Morgan fingerprint density at radius 2 is 1.74 bits per heavy atom. The Labute approximate surface area is 163 Å². The first-order valence-electron chi connectivity index (χ1n) is 10.2. The van der Waals surface area contributed by atoms with Crippen molar-refractivity contribution >= 4 is 11.8 Å². The summed E-state index contributed by atoms with van der Waals surface area (Å²) in [7, 11) is 3.55. The van der Waals surface area contributed by atoms with Gasteiger partial charge in [0.15, 0.2) is 0 Å². The van der Waals surface area contributed by atoms with Crippen molar-refractivity contribution in [1.29, 1.82) is 0 Å². The lowest BCUT2D eigenvalue weighted by molar-refractivity contribution is -0.137. The molecule has 0 radical (unpaired) electrons. The van der Waals surface area contributed by atoms with Crippen LogP contribution in [0.1, 0.15) is 51.0 Å². The van der Waals surface area contributed by atoms with Gasteiger partial charge in [-0.1, -0.05) is 25.5 Å². The Morgan fingerprint density at radius 3 is 2.33 bits per heavy atom. The van der Waals surface area contributed by atoms with Gasteiger partial charge in [0.25, 0.3) is 0 Å². The molecule has 27 heavy (non-hydrogen) atoms. The number of nitrogens with one attached hydrogen (secondary N) is 1. The average molecular weight is 375 g/mol. The third-order valence-electron chi connectivity index (χ3n) is 5.54. The molecule has 1 aromatic rings. The van der Waals surface area contributed by atoms with E-state index < -0.39 is 0 Å². The first kappa shape index (κ1) is 21.3. The van der Waals surface area contributed by atoms with E-state index in [-0.39, 0.29) is 23.7 Å². The molecule has 1 aliphatic rings. The minimum atomic E-state index is 0.0471. The minimum absolute atomic E-state index is 0.0471. The van der Waals surface area contributed by atoms with Crippen LogP contribution in [0.4, 0.5) is 0 Å². The van der Waals surface area contributed by atoms with E-state index in [4.69, 9.17) is 4.74 Å². The van der Waals surface area contributed by atoms with Crippen molar-refractivity contribution < 1.29 is 14.3 Å². The molecular formula is C22H34N2O3. The van der Waals surface area contributed by atoms with Crippen LogP contribution in [0.2, 0.25) is 0 Å². The number of rotatable bonds is 9.